The molecule has 0 atom stereocenters. The van der Waals surface area contributed by atoms with E-state index >= 15 is 0 Å². The van der Waals surface area contributed by atoms with Crippen LogP contribution >= 0.6 is 0 Å². The van der Waals surface area contributed by atoms with Crippen molar-refractivity contribution in [1.82, 2.24) is 10.6 Å². The van der Waals surface area contributed by atoms with Gasteiger partial charge in [0.25, 0.3) is 0 Å². The van der Waals surface area contributed by atoms with E-state index < -0.39 is 0 Å². The van der Waals surface area contributed by atoms with Gasteiger partial charge in [-0.25, -0.2) is 0 Å². The maximum atomic E-state index is 3.50. The molecule has 2 nitrogen and oxygen atoms in total. The lowest BCUT2D eigenvalue weighted by Gasteiger charge is -2.12. The summed E-state index contributed by atoms with van der Waals surface area (Å²) in [5.74, 6) is 0.610. The third-order valence-electron chi connectivity index (χ3n) is 3.14. The van der Waals surface area contributed by atoms with E-state index in [1.807, 2.05) is 7.05 Å². The molecule has 96 valence electrons. The number of aryl methyl sites for hydroxylation is 1. The van der Waals surface area contributed by atoms with Crippen LogP contribution in [-0.2, 0) is 6.54 Å². The topological polar surface area (TPSA) is 24.1 Å². The van der Waals surface area contributed by atoms with E-state index in [4.69, 9.17) is 0 Å². The molecule has 17 heavy (non-hydrogen) atoms. The van der Waals surface area contributed by atoms with Crippen molar-refractivity contribution >= 4 is 0 Å². The summed E-state index contributed by atoms with van der Waals surface area (Å²) in [7, 11) is 2.00. The first kappa shape index (κ1) is 14.2. The molecule has 1 aromatic rings. The molecule has 1 aromatic carbocycles. The van der Waals surface area contributed by atoms with Gasteiger partial charge in [0.2, 0.25) is 0 Å². The maximum absolute atomic E-state index is 3.50. The summed E-state index contributed by atoms with van der Waals surface area (Å²) in [6, 6.07) is 6.81. The Morgan fingerprint density at radius 2 is 1.94 bits per heavy atom. The molecule has 2 N–H and O–H groups in total. The highest BCUT2D eigenvalue weighted by Crippen LogP contribution is 2.18. The van der Waals surface area contributed by atoms with Gasteiger partial charge in [-0.1, -0.05) is 32.0 Å². The fourth-order valence-corrected chi connectivity index (χ4v) is 1.85. The summed E-state index contributed by atoms with van der Waals surface area (Å²) in [5.41, 5.74) is 4.25. The van der Waals surface area contributed by atoms with Crippen molar-refractivity contribution in [2.24, 2.45) is 0 Å². The second kappa shape index (κ2) is 7.46. The normalized spacial score (nSPS) is 11.1. The molecule has 0 aromatic heterocycles. The monoisotopic (exact) mass is 234 g/mol. The zero-order chi connectivity index (χ0) is 12.7. The first-order valence-electron chi connectivity index (χ1n) is 6.60. The number of hydrogen-bond acceptors (Lipinski definition) is 2. The Kier molecular flexibility index (Phi) is 6.23. The standard InChI is InChI=1S/C15H26N2/c1-12(2)14-7-6-13(3)15(10-14)11-17-9-5-8-16-4/h6-7,10,12,16-17H,5,8-9,11H2,1-4H3. The quantitative estimate of drug-likeness (QED) is 0.709. The van der Waals surface area contributed by atoms with Crippen LogP contribution in [0, 0.1) is 6.92 Å². The Morgan fingerprint density at radius 3 is 2.59 bits per heavy atom. The summed E-state index contributed by atoms with van der Waals surface area (Å²) < 4.78 is 0. The second-order valence-corrected chi connectivity index (χ2v) is 4.97. The van der Waals surface area contributed by atoms with E-state index in [-0.39, 0.29) is 0 Å². The van der Waals surface area contributed by atoms with Crippen LogP contribution in [0.5, 0.6) is 0 Å². The lowest BCUT2D eigenvalue weighted by Crippen LogP contribution is -2.19. The van der Waals surface area contributed by atoms with Crippen LogP contribution in [0.25, 0.3) is 0 Å². The van der Waals surface area contributed by atoms with Crippen molar-refractivity contribution in [3.8, 4) is 0 Å². The fourth-order valence-electron chi connectivity index (χ4n) is 1.85. The molecule has 0 aliphatic heterocycles. The van der Waals surface area contributed by atoms with Gasteiger partial charge in [-0.3, -0.25) is 0 Å². The van der Waals surface area contributed by atoms with Gasteiger partial charge in [0.05, 0.1) is 0 Å². The second-order valence-electron chi connectivity index (χ2n) is 4.97. The molecule has 0 unspecified atom stereocenters. The van der Waals surface area contributed by atoms with E-state index in [1.54, 1.807) is 0 Å². The van der Waals surface area contributed by atoms with Gasteiger partial charge in [0, 0.05) is 6.54 Å². The van der Waals surface area contributed by atoms with Gasteiger partial charge in [-0.05, 0) is 56.1 Å². The Hall–Kier alpha value is -0.860. The first-order chi connectivity index (χ1) is 8.15. The highest BCUT2D eigenvalue weighted by molar-refractivity contribution is 5.32. The largest absolute Gasteiger partial charge is 0.320 e. The molecule has 0 heterocycles. The highest BCUT2D eigenvalue weighted by atomic mass is 14.9. The zero-order valence-corrected chi connectivity index (χ0v) is 11.6. The minimum Gasteiger partial charge on any atom is -0.320 e. The third-order valence-corrected chi connectivity index (χ3v) is 3.14. The SMILES string of the molecule is CNCCCNCc1cc(C(C)C)ccc1C. The molecule has 0 aliphatic carbocycles. The van der Waals surface area contributed by atoms with Crippen molar-refractivity contribution < 1.29 is 0 Å². The van der Waals surface area contributed by atoms with Gasteiger partial charge in [-0.15, -0.1) is 0 Å². The Morgan fingerprint density at radius 1 is 1.18 bits per heavy atom. The van der Waals surface area contributed by atoms with E-state index in [9.17, 15) is 0 Å². The van der Waals surface area contributed by atoms with Crippen LogP contribution in [0.3, 0.4) is 0 Å². The van der Waals surface area contributed by atoms with Gasteiger partial charge < -0.3 is 10.6 Å². The predicted octanol–water partition coefficient (Wildman–Crippen LogP) is 2.82. The van der Waals surface area contributed by atoms with Crippen LogP contribution in [-0.4, -0.2) is 20.1 Å². The molecular weight excluding hydrogens is 208 g/mol. The molecule has 0 saturated carbocycles. The number of hydrogen-bond donors (Lipinski definition) is 2. The van der Waals surface area contributed by atoms with E-state index in [1.165, 1.54) is 23.1 Å². The van der Waals surface area contributed by atoms with E-state index in [2.05, 4.69) is 49.6 Å². The van der Waals surface area contributed by atoms with Gasteiger partial charge in [0.15, 0.2) is 0 Å². The molecular formula is C15H26N2. The molecule has 2 heteroatoms. The van der Waals surface area contributed by atoms with Crippen molar-refractivity contribution in [1.29, 1.82) is 0 Å². The molecule has 0 aliphatic rings. The molecule has 0 radical (unpaired) electrons. The van der Waals surface area contributed by atoms with Crippen LogP contribution in [0.1, 0.15) is 42.9 Å². The molecule has 0 spiro atoms. The fraction of sp³-hybridized carbons (Fsp3) is 0.600. The van der Waals surface area contributed by atoms with Crippen LogP contribution in [0.15, 0.2) is 18.2 Å². The van der Waals surface area contributed by atoms with E-state index in [0.717, 1.165) is 19.6 Å². The summed E-state index contributed by atoms with van der Waals surface area (Å²) in [5, 5.41) is 6.67. The van der Waals surface area contributed by atoms with Crippen molar-refractivity contribution in [3.05, 3.63) is 34.9 Å². The predicted molar refractivity (Wildman–Crippen MR) is 75.5 cm³/mol. The Labute approximate surface area is 106 Å². The van der Waals surface area contributed by atoms with Gasteiger partial charge >= 0.3 is 0 Å². The van der Waals surface area contributed by atoms with Crippen molar-refractivity contribution in [3.63, 3.8) is 0 Å². The van der Waals surface area contributed by atoms with Crippen LogP contribution < -0.4 is 10.6 Å². The first-order valence-corrected chi connectivity index (χ1v) is 6.60. The number of rotatable bonds is 7. The smallest absolute Gasteiger partial charge is 0.0208 e. The summed E-state index contributed by atoms with van der Waals surface area (Å²) >= 11 is 0. The van der Waals surface area contributed by atoms with Gasteiger partial charge in [-0.2, -0.15) is 0 Å². The van der Waals surface area contributed by atoms with Crippen LogP contribution in [0.4, 0.5) is 0 Å². The Bertz CT molecular complexity index is 332. The number of benzene rings is 1. The van der Waals surface area contributed by atoms with Gasteiger partial charge in [0.1, 0.15) is 0 Å². The van der Waals surface area contributed by atoms with E-state index in [0.29, 0.717) is 5.92 Å². The molecule has 0 amide bonds. The zero-order valence-electron chi connectivity index (χ0n) is 11.6. The lowest BCUT2D eigenvalue weighted by molar-refractivity contribution is 0.623. The molecule has 0 saturated heterocycles. The average molecular weight is 234 g/mol. The minimum atomic E-state index is 0.610. The lowest BCUT2D eigenvalue weighted by atomic mass is 9.98. The summed E-state index contributed by atoms with van der Waals surface area (Å²) in [4.78, 5) is 0. The summed E-state index contributed by atoms with van der Waals surface area (Å²) in [6.45, 7) is 9.82. The average Bonchev–Trinajstić information content (AvgIpc) is 2.30. The minimum absolute atomic E-state index is 0.610. The molecule has 0 bridgehead atoms. The Balaban J connectivity index is 2.49. The summed E-state index contributed by atoms with van der Waals surface area (Å²) in [6.07, 6.45) is 1.18. The van der Waals surface area contributed by atoms with Crippen molar-refractivity contribution in [2.45, 2.75) is 39.7 Å². The highest BCUT2D eigenvalue weighted by Gasteiger charge is 2.03. The molecule has 0 fully saturated rings. The molecule has 1 rings (SSSR count). The third kappa shape index (κ3) is 4.88. The van der Waals surface area contributed by atoms with Crippen molar-refractivity contribution in [2.75, 3.05) is 20.1 Å². The van der Waals surface area contributed by atoms with Crippen LogP contribution in [0.2, 0.25) is 0 Å². The maximum Gasteiger partial charge on any atom is 0.0208 e. The number of nitrogens with one attached hydrogen (secondary N) is 2.